The van der Waals surface area contributed by atoms with E-state index in [4.69, 9.17) is 4.42 Å². The van der Waals surface area contributed by atoms with Gasteiger partial charge in [0, 0.05) is 36.9 Å². The summed E-state index contributed by atoms with van der Waals surface area (Å²) in [5.41, 5.74) is 11.6. The second-order valence-corrected chi connectivity index (χ2v) is 12.7. The van der Waals surface area contributed by atoms with Crippen LogP contribution in [0.5, 0.6) is 0 Å². The van der Waals surface area contributed by atoms with E-state index in [-0.39, 0.29) is 0 Å². The van der Waals surface area contributed by atoms with Crippen LogP contribution in [-0.4, -0.2) is 0 Å². The van der Waals surface area contributed by atoms with Crippen molar-refractivity contribution in [2.75, 3.05) is 0 Å². The van der Waals surface area contributed by atoms with Gasteiger partial charge in [0.25, 0.3) is 0 Å². The van der Waals surface area contributed by atoms with Crippen LogP contribution in [0.1, 0.15) is 0 Å². The topological polar surface area (TPSA) is 13.1 Å². The van der Waals surface area contributed by atoms with Crippen LogP contribution < -0.4 is 0 Å². The molecule has 46 heavy (non-hydrogen) atoms. The molecule has 1 nitrogen and oxygen atoms in total. The average Bonchev–Trinajstić information content (AvgIpc) is 3.71. The lowest BCUT2D eigenvalue weighted by Crippen LogP contribution is -1.86. The first kappa shape index (κ1) is 26.7. The van der Waals surface area contributed by atoms with Crippen molar-refractivity contribution < 1.29 is 4.42 Å². The van der Waals surface area contributed by atoms with Crippen molar-refractivity contribution in [2.45, 2.75) is 0 Å². The number of rotatable bonds is 5. The highest BCUT2D eigenvalue weighted by Crippen LogP contribution is 2.48. The van der Waals surface area contributed by atoms with Crippen LogP contribution in [0, 0.1) is 0 Å². The predicted octanol–water partition coefficient (Wildman–Crippen LogP) is 13.1. The fraction of sp³-hybridized carbons (Fsp3) is 0. The van der Waals surface area contributed by atoms with E-state index in [2.05, 4.69) is 158 Å². The van der Waals surface area contributed by atoms with Crippen molar-refractivity contribution in [3.63, 3.8) is 0 Å². The van der Waals surface area contributed by atoms with Gasteiger partial charge in [0.1, 0.15) is 11.2 Å². The summed E-state index contributed by atoms with van der Waals surface area (Å²) in [6.45, 7) is 0. The third-order valence-electron chi connectivity index (χ3n) is 8.91. The van der Waals surface area contributed by atoms with E-state index in [9.17, 15) is 0 Å². The Morgan fingerprint density at radius 1 is 0.304 bits per heavy atom. The molecule has 9 aromatic rings. The molecule has 0 spiro atoms. The molecule has 0 unspecified atom stereocenters. The number of furan rings is 1. The highest BCUT2D eigenvalue weighted by atomic mass is 32.1. The van der Waals surface area contributed by atoms with Crippen LogP contribution in [0.4, 0.5) is 0 Å². The molecule has 9 rings (SSSR count). The Hall–Kier alpha value is -5.70. The summed E-state index contributed by atoms with van der Waals surface area (Å²) in [7, 11) is 0. The van der Waals surface area contributed by atoms with Gasteiger partial charge in [0.15, 0.2) is 0 Å². The maximum absolute atomic E-state index is 6.14. The highest BCUT2D eigenvalue weighted by molar-refractivity contribution is 7.21. The summed E-state index contributed by atoms with van der Waals surface area (Å²) in [4.78, 5) is 2.57. The van der Waals surface area contributed by atoms with Gasteiger partial charge >= 0.3 is 0 Å². The van der Waals surface area contributed by atoms with E-state index in [0.29, 0.717) is 0 Å². The number of para-hydroxylation sites is 1. The molecule has 0 saturated carbocycles. The van der Waals surface area contributed by atoms with Crippen molar-refractivity contribution >= 4 is 44.0 Å². The van der Waals surface area contributed by atoms with E-state index in [0.717, 1.165) is 21.9 Å². The average molecular weight is 605 g/mol. The van der Waals surface area contributed by atoms with Gasteiger partial charge in [-0.05, 0) is 69.3 Å². The lowest BCUT2D eigenvalue weighted by molar-refractivity contribution is 0.669. The smallest absolute Gasteiger partial charge is 0.135 e. The van der Waals surface area contributed by atoms with E-state index in [1.807, 2.05) is 23.5 Å². The van der Waals surface area contributed by atoms with Crippen molar-refractivity contribution in [1.82, 2.24) is 0 Å². The second kappa shape index (κ2) is 11.0. The maximum atomic E-state index is 6.14. The predicted molar refractivity (Wildman–Crippen MR) is 196 cm³/mol. The normalized spacial score (nSPS) is 11.5. The summed E-state index contributed by atoms with van der Waals surface area (Å²) >= 11 is 1.89. The maximum Gasteiger partial charge on any atom is 0.135 e. The van der Waals surface area contributed by atoms with Crippen molar-refractivity contribution in [3.05, 3.63) is 170 Å². The molecular formula is C44H28OS. The Morgan fingerprint density at radius 3 is 1.67 bits per heavy atom. The second-order valence-electron chi connectivity index (χ2n) is 11.7. The van der Waals surface area contributed by atoms with Crippen LogP contribution in [-0.2, 0) is 0 Å². The molecule has 0 atom stereocenters. The molecule has 0 aliphatic carbocycles. The first-order valence-electron chi connectivity index (χ1n) is 15.6. The monoisotopic (exact) mass is 604 g/mol. The third-order valence-corrected chi connectivity index (χ3v) is 10.2. The van der Waals surface area contributed by atoms with E-state index < -0.39 is 0 Å². The molecule has 2 aromatic heterocycles. The van der Waals surface area contributed by atoms with Crippen molar-refractivity contribution in [2.24, 2.45) is 0 Å². The van der Waals surface area contributed by atoms with E-state index in [1.54, 1.807) is 0 Å². The van der Waals surface area contributed by atoms with Crippen molar-refractivity contribution in [3.8, 4) is 54.3 Å². The van der Waals surface area contributed by atoms with Gasteiger partial charge in [-0.15, -0.1) is 11.3 Å². The molecule has 7 aromatic carbocycles. The largest absolute Gasteiger partial charge is 0.456 e. The highest BCUT2D eigenvalue weighted by Gasteiger charge is 2.19. The number of hydrogen-bond acceptors (Lipinski definition) is 2. The molecule has 0 N–H and O–H groups in total. The third kappa shape index (κ3) is 4.54. The molecule has 2 heterocycles. The molecule has 216 valence electrons. The fourth-order valence-electron chi connectivity index (χ4n) is 6.66. The molecule has 0 bridgehead atoms. The van der Waals surface area contributed by atoms with E-state index >= 15 is 0 Å². The summed E-state index contributed by atoms with van der Waals surface area (Å²) in [5.74, 6) is 0. The molecule has 0 fully saturated rings. The van der Waals surface area contributed by atoms with Gasteiger partial charge in [-0.25, -0.2) is 0 Å². The SMILES string of the molecule is c1ccc(-c2cccc(-c3sc(-c4cc(-c5ccc6oc7ccccc7c6c5)ccc4-c4ccccc4)c4ccccc34)c2)cc1. The summed E-state index contributed by atoms with van der Waals surface area (Å²) in [6, 6.07) is 61.0. The lowest BCUT2D eigenvalue weighted by atomic mass is 9.92. The summed E-state index contributed by atoms with van der Waals surface area (Å²) in [5, 5.41) is 4.85. The minimum Gasteiger partial charge on any atom is -0.456 e. The summed E-state index contributed by atoms with van der Waals surface area (Å²) in [6.07, 6.45) is 0. The standard InChI is InChI=1S/C44H28OS/c1-3-12-29(13-4-1)31-16-11-17-34(26-31)43-37-19-7-8-20-38(37)44(46-43)40-28-32(22-24-35(40)30-14-5-2-6-15-30)33-23-25-42-39(27-33)36-18-9-10-21-41(36)45-42/h1-28H. The van der Waals surface area contributed by atoms with Crippen molar-refractivity contribution in [1.29, 1.82) is 0 Å². The molecule has 0 amide bonds. The number of fused-ring (bicyclic) bond motifs is 4. The minimum absolute atomic E-state index is 0.915. The van der Waals surface area contributed by atoms with Crippen LogP contribution in [0.2, 0.25) is 0 Å². The van der Waals surface area contributed by atoms with Gasteiger partial charge in [-0.3, -0.25) is 0 Å². The molecule has 0 radical (unpaired) electrons. The van der Waals surface area contributed by atoms with Gasteiger partial charge < -0.3 is 4.42 Å². The Morgan fingerprint density at radius 2 is 0.870 bits per heavy atom. The Labute approximate surface area is 271 Å². The zero-order valence-electron chi connectivity index (χ0n) is 25.0. The molecule has 2 heteroatoms. The number of benzene rings is 7. The van der Waals surface area contributed by atoms with Crippen LogP contribution in [0.3, 0.4) is 0 Å². The zero-order chi connectivity index (χ0) is 30.5. The van der Waals surface area contributed by atoms with Crippen LogP contribution in [0.15, 0.2) is 174 Å². The summed E-state index contributed by atoms with van der Waals surface area (Å²) < 4.78 is 6.14. The molecule has 0 aliphatic heterocycles. The first-order valence-corrected chi connectivity index (χ1v) is 16.4. The molecule has 0 aliphatic rings. The Balaban J connectivity index is 1.25. The number of hydrogen-bond donors (Lipinski definition) is 0. The molecule has 0 saturated heterocycles. The van der Waals surface area contributed by atoms with Gasteiger partial charge in [-0.1, -0.05) is 140 Å². The van der Waals surface area contributed by atoms with E-state index in [1.165, 1.54) is 65.0 Å². The lowest BCUT2D eigenvalue weighted by Gasteiger charge is -2.13. The number of thiophene rings is 1. The van der Waals surface area contributed by atoms with Gasteiger partial charge in [-0.2, -0.15) is 0 Å². The quantitative estimate of drug-likeness (QED) is 0.190. The van der Waals surface area contributed by atoms with Gasteiger partial charge in [0.2, 0.25) is 0 Å². The van der Waals surface area contributed by atoms with Gasteiger partial charge in [0.05, 0.1) is 0 Å². The van der Waals surface area contributed by atoms with Crippen LogP contribution >= 0.6 is 11.3 Å². The molecular weight excluding hydrogens is 577 g/mol. The fourth-order valence-corrected chi connectivity index (χ4v) is 7.97. The Bertz CT molecular complexity index is 2520. The Kier molecular flexibility index (Phi) is 6.40. The van der Waals surface area contributed by atoms with Crippen LogP contribution in [0.25, 0.3) is 87.0 Å². The first-order chi connectivity index (χ1) is 22.8. The minimum atomic E-state index is 0.915. The zero-order valence-corrected chi connectivity index (χ0v) is 25.8.